The largest absolute Gasteiger partial charge is 0.465 e. The number of rotatable bonds is 8. The van der Waals surface area contributed by atoms with Crippen LogP contribution >= 0.6 is 0 Å². The van der Waals surface area contributed by atoms with E-state index in [-0.39, 0.29) is 29.3 Å². The zero-order chi connectivity index (χ0) is 20.2. The summed E-state index contributed by atoms with van der Waals surface area (Å²) in [7, 11) is -3.86. The first-order chi connectivity index (χ1) is 11.9. The molecule has 0 saturated heterocycles. The summed E-state index contributed by atoms with van der Waals surface area (Å²) < 4.78 is 34.1. The monoisotopic (exact) mass is 383 g/mol. The quantitative estimate of drug-likeness (QED) is 0.694. The molecule has 0 amide bonds. The minimum atomic E-state index is -3.86. The van der Waals surface area contributed by atoms with Crippen molar-refractivity contribution in [1.29, 1.82) is 0 Å². The number of esters is 1. The lowest BCUT2D eigenvalue weighted by molar-refractivity contribution is -0.147. The Balaban J connectivity index is 3.40. The fourth-order valence-electron chi connectivity index (χ4n) is 3.87. The molecule has 0 bridgehead atoms. The van der Waals surface area contributed by atoms with Crippen LogP contribution in [0.15, 0.2) is 17.0 Å². The standard InChI is InChI=1S/C20H33NO4S/c1-9-25-20(22)18(17(12(2)3)13(4)5)21-26(23,24)19-15(7)10-14(6)11-16(19)8/h10-13,17-18,21H,9H2,1-8H3/t18-/m0/s1. The molecule has 5 nitrogen and oxygen atoms in total. The van der Waals surface area contributed by atoms with Gasteiger partial charge in [0, 0.05) is 0 Å². The van der Waals surface area contributed by atoms with Crippen LogP contribution in [0.2, 0.25) is 0 Å². The van der Waals surface area contributed by atoms with Gasteiger partial charge < -0.3 is 4.74 Å². The molecule has 0 aliphatic rings. The smallest absolute Gasteiger partial charge is 0.324 e. The Bertz CT molecular complexity index is 707. The van der Waals surface area contributed by atoms with Crippen LogP contribution in [0.1, 0.15) is 51.3 Å². The molecule has 0 spiro atoms. The second-order valence-electron chi connectivity index (χ2n) is 7.64. The molecule has 0 aromatic heterocycles. The molecule has 1 atom stereocenters. The molecule has 0 aliphatic carbocycles. The summed E-state index contributed by atoms with van der Waals surface area (Å²) in [4.78, 5) is 12.8. The maximum absolute atomic E-state index is 13.1. The second kappa shape index (κ2) is 9.00. The van der Waals surface area contributed by atoms with E-state index in [0.29, 0.717) is 11.1 Å². The number of sulfonamides is 1. The van der Waals surface area contributed by atoms with Crippen molar-refractivity contribution < 1.29 is 17.9 Å². The fourth-order valence-corrected chi connectivity index (χ4v) is 5.54. The summed E-state index contributed by atoms with van der Waals surface area (Å²) in [6.07, 6.45) is 0. The van der Waals surface area contributed by atoms with E-state index in [2.05, 4.69) is 4.72 Å². The first-order valence-corrected chi connectivity index (χ1v) is 10.7. The molecule has 0 fully saturated rings. The van der Waals surface area contributed by atoms with E-state index < -0.39 is 22.0 Å². The molecule has 1 rings (SSSR count). The van der Waals surface area contributed by atoms with E-state index in [1.807, 2.05) is 46.8 Å². The molecule has 6 heteroatoms. The van der Waals surface area contributed by atoms with Crippen molar-refractivity contribution in [3.8, 4) is 0 Å². The zero-order valence-electron chi connectivity index (χ0n) is 17.2. The van der Waals surface area contributed by atoms with E-state index in [1.165, 1.54) is 0 Å². The zero-order valence-corrected chi connectivity index (χ0v) is 18.0. The fraction of sp³-hybridized carbons (Fsp3) is 0.650. The molecule has 1 aromatic rings. The van der Waals surface area contributed by atoms with Crippen molar-refractivity contribution in [2.75, 3.05) is 6.61 Å². The molecule has 0 unspecified atom stereocenters. The molecular formula is C20H33NO4S. The molecule has 26 heavy (non-hydrogen) atoms. The molecule has 0 heterocycles. The first-order valence-electron chi connectivity index (χ1n) is 9.19. The number of benzene rings is 1. The van der Waals surface area contributed by atoms with Gasteiger partial charge in [-0.25, -0.2) is 8.42 Å². The second-order valence-corrected chi connectivity index (χ2v) is 9.30. The maximum Gasteiger partial charge on any atom is 0.324 e. The van der Waals surface area contributed by atoms with Crippen LogP contribution in [0.3, 0.4) is 0 Å². The Morgan fingerprint density at radius 1 is 1.04 bits per heavy atom. The summed E-state index contributed by atoms with van der Waals surface area (Å²) in [5, 5.41) is 0. The molecule has 0 radical (unpaired) electrons. The highest BCUT2D eigenvalue weighted by Crippen LogP contribution is 2.28. The van der Waals surface area contributed by atoms with Gasteiger partial charge in [0.25, 0.3) is 0 Å². The Hall–Kier alpha value is -1.40. The highest BCUT2D eigenvalue weighted by molar-refractivity contribution is 7.89. The number of hydrogen-bond acceptors (Lipinski definition) is 4. The van der Waals surface area contributed by atoms with E-state index >= 15 is 0 Å². The van der Waals surface area contributed by atoms with Crippen molar-refractivity contribution in [1.82, 2.24) is 4.72 Å². The van der Waals surface area contributed by atoms with E-state index in [4.69, 9.17) is 4.74 Å². The molecule has 0 aliphatic heterocycles. The molecule has 148 valence electrons. The number of aryl methyl sites for hydroxylation is 3. The number of hydrogen-bond donors (Lipinski definition) is 1. The lowest BCUT2D eigenvalue weighted by atomic mass is 9.80. The van der Waals surface area contributed by atoms with Gasteiger partial charge in [0.2, 0.25) is 10.0 Å². The van der Waals surface area contributed by atoms with Crippen LogP contribution in [0.5, 0.6) is 0 Å². The summed E-state index contributed by atoms with van der Waals surface area (Å²) in [5.74, 6) is -0.458. The van der Waals surface area contributed by atoms with Crippen molar-refractivity contribution in [3.05, 3.63) is 28.8 Å². The predicted octanol–water partition coefficient (Wildman–Crippen LogP) is 3.75. The maximum atomic E-state index is 13.1. The average Bonchev–Trinajstić information content (AvgIpc) is 2.43. The Morgan fingerprint density at radius 3 is 1.88 bits per heavy atom. The average molecular weight is 384 g/mol. The van der Waals surface area contributed by atoms with Gasteiger partial charge in [0.05, 0.1) is 11.5 Å². The van der Waals surface area contributed by atoms with Crippen LogP contribution in [-0.2, 0) is 19.6 Å². The molecule has 1 aromatic carbocycles. The van der Waals surface area contributed by atoms with Crippen LogP contribution in [0.25, 0.3) is 0 Å². The van der Waals surface area contributed by atoms with Crippen molar-refractivity contribution >= 4 is 16.0 Å². The van der Waals surface area contributed by atoms with E-state index in [1.54, 1.807) is 20.8 Å². The third kappa shape index (κ3) is 5.30. The van der Waals surface area contributed by atoms with E-state index in [0.717, 1.165) is 5.56 Å². The van der Waals surface area contributed by atoms with Crippen LogP contribution in [-0.4, -0.2) is 27.0 Å². The lowest BCUT2D eigenvalue weighted by Gasteiger charge is -2.32. The normalized spacial score (nSPS) is 13.5. The van der Waals surface area contributed by atoms with Gasteiger partial charge in [0.1, 0.15) is 6.04 Å². The van der Waals surface area contributed by atoms with Gasteiger partial charge in [-0.1, -0.05) is 45.4 Å². The number of ether oxygens (including phenoxy) is 1. The van der Waals surface area contributed by atoms with Gasteiger partial charge >= 0.3 is 5.97 Å². The third-order valence-electron chi connectivity index (χ3n) is 4.62. The molecule has 0 saturated carbocycles. The summed E-state index contributed by atoms with van der Waals surface area (Å²) in [6.45, 7) is 15.4. The minimum absolute atomic E-state index is 0.118. The van der Waals surface area contributed by atoms with Gasteiger partial charge in [-0.05, 0) is 56.6 Å². The number of carbonyl (C=O) groups excluding carboxylic acids is 1. The van der Waals surface area contributed by atoms with Gasteiger partial charge in [0.15, 0.2) is 0 Å². The van der Waals surface area contributed by atoms with Gasteiger partial charge in [-0.15, -0.1) is 0 Å². The summed E-state index contributed by atoms with van der Waals surface area (Å²) in [5.41, 5.74) is 2.34. The molecular weight excluding hydrogens is 350 g/mol. The van der Waals surface area contributed by atoms with Crippen LogP contribution in [0, 0.1) is 38.5 Å². The van der Waals surface area contributed by atoms with Crippen molar-refractivity contribution in [3.63, 3.8) is 0 Å². The Kier molecular flexibility index (Phi) is 7.84. The van der Waals surface area contributed by atoms with Crippen LogP contribution < -0.4 is 4.72 Å². The Morgan fingerprint density at radius 2 is 1.50 bits per heavy atom. The minimum Gasteiger partial charge on any atom is -0.465 e. The SMILES string of the molecule is CCOC(=O)[C@@H](NS(=O)(=O)c1c(C)cc(C)cc1C)C(C(C)C)C(C)C. The van der Waals surface area contributed by atoms with Gasteiger partial charge in [-0.3, -0.25) is 4.79 Å². The summed E-state index contributed by atoms with van der Waals surface area (Å²) >= 11 is 0. The van der Waals surface area contributed by atoms with Gasteiger partial charge in [-0.2, -0.15) is 4.72 Å². The first kappa shape index (κ1) is 22.6. The van der Waals surface area contributed by atoms with E-state index in [9.17, 15) is 13.2 Å². The number of nitrogens with one attached hydrogen (secondary N) is 1. The molecule has 1 N–H and O–H groups in total. The van der Waals surface area contributed by atoms with Crippen LogP contribution in [0.4, 0.5) is 0 Å². The lowest BCUT2D eigenvalue weighted by Crippen LogP contribution is -2.50. The topological polar surface area (TPSA) is 72.5 Å². The highest BCUT2D eigenvalue weighted by Gasteiger charge is 2.38. The Labute approximate surface area is 158 Å². The van der Waals surface area contributed by atoms with Crippen molar-refractivity contribution in [2.45, 2.75) is 66.3 Å². The third-order valence-corrected chi connectivity index (χ3v) is 6.37. The van der Waals surface area contributed by atoms with Crippen molar-refractivity contribution in [2.24, 2.45) is 17.8 Å². The number of carbonyl (C=O) groups is 1. The summed E-state index contributed by atoms with van der Waals surface area (Å²) in [6, 6.07) is 2.76. The highest BCUT2D eigenvalue weighted by atomic mass is 32.2. The predicted molar refractivity (Wildman–Crippen MR) is 105 cm³/mol.